The van der Waals surface area contributed by atoms with Gasteiger partial charge in [-0.25, -0.2) is 0 Å². The molecule has 68 valence electrons. The van der Waals surface area contributed by atoms with Gasteiger partial charge in [0.15, 0.2) is 0 Å². The van der Waals surface area contributed by atoms with E-state index in [0.717, 1.165) is 25.7 Å². The quantitative estimate of drug-likeness (QED) is 0.639. The number of aliphatic hydroxyl groups is 1. The molecule has 0 saturated carbocycles. The van der Waals surface area contributed by atoms with Crippen LogP contribution in [0.5, 0.6) is 0 Å². The molecular weight excluding hydrogens is 148 g/mol. The summed E-state index contributed by atoms with van der Waals surface area (Å²) in [6.45, 7) is 5.84. The van der Waals surface area contributed by atoms with Gasteiger partial charge in [-0.15, -0.1) is 6.58 Å². The fourth-order valence-corrected chi connectivity index (χ4v) is 1.56. The molecule has 2 atom stereocenters. The van der Waals surface area contributed by atoms with Crippen molar-refractivity contribution in [3.8, 4) is 0 Å². The minimum absolute atomic E-state index is 0.541. The van der Waals surface area contributed by atoms with E-state index in [0.29, 0.717) is 5.92 Å². The second kappa shape index (κ2) is 3.90. The van der Waals surface area contributed by atoms with Crippen molar-refractivity contribution in [2.75, 3.05) is 0 Å². The van der Waals surface area contributed by atoms with E-state index in [-0.39, 0.29) is 0 Å². The van der Waals surface area contributed by atoms with Gasteiger partial charge in [-0.3, -0.25) is 0 Å². The zero-order chi connectivity index (χ0) is 9.03. The van der Waals surface area contributed by atoms with Crippen molar-refractivity contribution in [2.45, 2.75) is 38.2 Å². The van der Waals surface area contributed by atoms with Crippen molar-refractivity contribution in [1.29, 1.82) is 0 Å². The highest BCUT2D eigenvalue weighted by atomic mass is 16.3. The van der Waals surface area contributed by atoms with Crippen LogP contribution in [0.15, 0.2) is 24.8 Å². The Balaban J connectivity index is 2.48. The van der Waals surface area contributed by atoms with E-state index in [1.54, 1.807) is 0 Å². The number of rotatable bonds is 3. The fraction of sp³-hybridized carbons (Fsp3) is 0.636. The van der Waals surface area contributed by atoms with Crippen LogP contribution in [0, 0.1) is 5.92 Å². The molecule has 1 heteroatoms. The normalized spacial score (nSPS) is 35.0. The summed E-state index contributed by atoms with van der Waals surface area (Å²) in [5.41, 5.74) is -0.541. The molecule has 0 amide bonds. The van der Waals surface area contributed by atoms with Gasteiger partial charge in [0.25, 0.3) is 0 Å². The Bertz CT molecular complexity index is 183. The van der Waals surface area contributed by atoms with Gasteiger partial charge < -0.3 is 5.11 Å². The van der Waals surface area contributed by atoms with E-state index in [1.807, 2.05) is 12.2 Å². The van der Waals surface area contributed by atoms with Crippen molar-refractivity contribution in [1.82, 2.24) is 0 Å². The molecule has 0 fully saturated rings. The third-order valence-electron chi connectivity index (χ3n) is 2.55. The highest BCUT2D eigenvalue weighted by Gasteiger charge is 2.25. The van der Waals surface area contributed by atoms with E-state index < -0.39 is 5.60 Å². The standard InChI is InChI=1S/C11H18O/c1-3-4-7-11(12)8-5-10(2)6-9-11/h3,5,8,10,12H,1,4,6-7,9H2,2H3. The summed E-state index contributed by atoms with van der Waals surface area (Å²) in [6.07, 6.45) is 9.67. The smallest absolute Gasteiger partial charge is 0.0831 e. The Morgan fingerprint density at radius 3 is 3.00 bits per heavy atom. The first-order valence-electron chi connectivity index (χ1n) is 4.69. The second-order valence-electron chi connectivity index (χ2n) is 3.81. The lowest BCUT2D eigenvalue weighted by Gasteiger charge is -2.29. The Morgan fingerprint density at radius 1 is 1.75 bits per heavy atom. The van der Waals surface area contributed by atoms with E-state index in [4.69, 9.17) is 0 Å². The maximum atomic E-state index is 9.99. The predicted octanol–water partition coefficient (Wildman–Crippen LogP) is 2.67. The molecule has 0 aromatic rings. The van der Waals surface area contributed by atoms with Crippen molar-refractivity contribution >= 4 is 0 Å². The maximum Gasteiger partial charge on any atom is 0.0831 e. The molecule has 0 bridgehead atoms. The van der Waals surface area contributed by atoms with Gasteiger partial charge in [0.05, 0.1) is 5.60 Å². The molecule has 1 aliphatic rings. The van der Waals surface area contributed by atoms with Gasteiger partial charge in [-0.1, -0.05) is 25.2 Å². The molecule has 1 N–H and O–H groups in total. The third-order valence-corrected chi connectivity index (χ3v) is 2.55. The molecule has 0 heterocycles. The molecule has 0 saturated heterocycles. The van der Waals surface area contributed by atoms with Gasteiger partial charge >= 0.3 is 0 Å². The largest absolute Gasteiger partial charge is 0.386 e. The van der Waals surface area contributed by atoms with E-state index in [2.05, 4.69) is 19.6 Å². The van der Waals surface area contributed by atoms with Crippen LogP contribution in [0.25, 0.3) is 0 Å². The number of hydrogen-bond donors (Lipinski definition) is 1. The van der Waals surface area contributed by atoms with Gasteiger partial charge in [-0.05, 0) is 31.6 Å². The first-order valence-corrected chi connectivity index (χ1v) is 4.69. The molecule has 12 heavy (non-hydrogen) atoms. The molecular formula is C11H18O. The van der Waals surface area contributed by atoms with E-state index in [9.17, 15) is 5.11 Å². The Morgan fingerprint density at radius 2 is 2.50 bits per heavy atom. The summed E-state index contributed by atoms with van der Waals surface area (Å²) < 4.78 is 0. The summed E-state index contributed by atoms with van der Waals surface area (Å²) in [7, 11) is 0. The van der Waals surface area contributed by atoms with Crippen molar-refractivity contribution in [2.24, 2.45) is 5.92 Å². The molecule has 2 unspecified atom stereocenters. The SMILES string of the molecule is C=CCCC1(O)C=CC(C)CC1. The van der Waals surface area contributed by atoms with Gasteiger partial charge in [0, 0.05) is 0 Å². The van der Waals surface area contributed by atoms with Crippen molar-refractivity contribution in [3.63, 3.8) is 0 Å². The second-order valence-corrected chi connectivity index (χ2v) is 3.81. The molecule has 1 aliphatic carbocycles. The highest BCUT2D eigenvalue weighted by Crippen LogP contribution is 2.29. The van der Waals surface area contributed by atoms with Crippen molar-refractivity contribution in [3.05, 3.63) is 24.8 Å². The Kier molecular flexibility index (Phi) is 3.10. The average Bonchev–Trinajstić information content (AvgIpc) is 2.08. The Hall–Kier alpha value is -0.560. The molecule has 0 aliphatic heterocycles. The molecule has 0 aromatic carbocycles. The van der Waals surface area contributed by atoms with Crippen LogP contribution in [0.3, 0.4) is 0 Å². The minimum Gasteiger partial charge on any atom is -0.386 e. The molecule has 0 aromatic heterocycles. The van der Waals surface area contributed by atoms with Crippen molar-refractivity contribution < 1.29 is 5.11 Å². The lowest BCUT2D eigenvalue weighted by atomic mass is 9.83. The summed E-state index contributed by atoms with van der Waals surface area (Å²) in [4.78, 5) is 0. The van der Waals surface area contributed by atoms with Gasteiger partial charge in [-0.2, -0.15) is 0 Å². The zero-order valence-corrected chi connectivity index (χ0v) is 7.79. The monoisotopic (exact) mass is 166 g/mol. The Labute approximate surface area is 74.8 Å². The summed E-state index contributed by atoms with van der Waals surface area (Å²) in [5.74, 6) is 0.633. The first kappa shape index (κ1) is 9.53. The fourth-order valence-electron chi connectivity index (χ4n) is 1.56. The third kappa shape index (κ3) is 2.49. The first-order chi connectivity index (χ1) is 5.66. The van der Waals surface area contributed by atoms with Crippen LogP contribution in [-0.4, -0.2) is 10.7 Å². The van der Waals surface area contributed by atoms with Crippen LogP contribution in [0.2, 0.25) is 0 Å². The molecule has 0 radical (unpaired) electrons. The van der Waals surface area contributed by atoms with Crippen LogP contribution < -0.4 is 0 Å². The lowest BCUT2D eigenvalue weighted by Crippen LogP contribution is -2.29. The zero-order valence-electron chi connectivity index (χ0n) is 7.79. The van der Waals surface area contributed by atoms with Crippen LogP contribution in [0.4, 0.5) is 0 Å². The lowest BCUT2D eigenvalue weighted by molar-refractivity contribution is 0.0618. The predicted molar refractivity (Wildman–Crippen MR) is 51.9 cm³/mol. The van der Waals surface area contributed by atoms with Crippen LogP contribution in [-0.2, 0) is 0 Å². The summed E-state index contributed by atoms with van der Waals surface area (Å²) >= 11 is 0. The highest BCUT2D eigenvalue weighted by molar-refractivity contribution is 5.07. The van der Waals surface area contributed by atoms with Gasteiger partial charge in [0.2, 0.25) is 0 Å². The van der Waals surface area contributed by atoms with Crippen LogP contribution in [0.1, 0.15) is 32.6 Å². The van der Waals surface area contributed by atoms with E-state index >= 15 is 0 Å². The molecule has 1 nitrogen and oxygen atoms in total. The molecule has 0 spiro atoms. The number of hydrogen-bond acceptors (Lipinski definition) is 1. The summed E-state index contributed by atoms with van der Waals surface area (Å²) in [6, 6.07) is 0. The minimum atomic E-state index is -0.541. The maximum absolute atomic E-state index is 9.99. The van der Waals surface area contributed by atoms with Gasteiger partial charge in [0.1, 0.15) is 0 Å². The summed E-state index contributed by atoms with van der Waals surface area (Å²) in [5, 5.41) is 9.99. The topological polar surface area (TPSA) is 20.2 Å². The van der Waals surface area contributed by atoms with Crippen LogP contribution >= 0.6 is 0 Å². The van der Waals surface area contributed by atoms with E-state index in [1.165, 1.54) is 0 Å². The molecule has 1 rings (SSSR count). The average molecular weight is 166 g/mol. The number of allylic oxidation sites excluding steroid dienone is 2.